The van der Waals surface area contributed by atoms with Crippen LogP contribution in [0.15, 0.2) is 36.1 Å². The summed E-state index contributed by atoms with van der Waals surface area (Å²) in [6.45, 7) is 4.11. The fourth-order valence-corrected chi connectivity index (χ4v) is 5.87. The molecule has 2 N–H and O–H groups in total. The van der Waals surface area contributed by atoms with Gasteiger partial charge in [-0.15, -0.1) is 0 Å². The van der Waals surface area contributed by atoms with Gasteiger partial charge in [0.25, 0.3) is 0 Å². The third-order valence-corrected chi connectivity index (χ3v) is 7.16. The summed E-state index contributed by atoms with van der Waals surface area (Å²) in [6, 6.07) is 8.20. The van der Waals surface area contributed by atoms with Crippen molar-refractivity contribution in [3.05, 3.63) is 41.7 Å². The zero-order valence-electron chi connectivity index (χ0n) is 16.8. The third-order valence-electron chi connectivity index (χ3n) is 7.16. The number of fused-ring (bicyclic) bond motifs is 4. The van der Waals surface area contributed by atoms with Crippen molar-refractivity contribution in [1.82, 2.24) is 0 Å². The Kier molecular flexibility index (Phi) is 4.91. The molecule has 4 rings (SSSR count). The Morgan fingerprint density at radius 1 is 1.36 bits per heavy atom. The molecule has 6 nitrogen and oxygen atoms in total. The maximum Gasteiger partial charge on any atom is 0.337 e. The van der Waals surface area contributed by atoms with E-state index in [0.29, 0.717) is 11.5 Å². The zero-order valence-corrected chi connectivity index (χ0v) is 16.8. The van der Waals surface area contributed by atoms with Gasteiger partial charge in [-0.25, -0.2) is 4.79 Å². The largest absolute Gasteiger partial charge is 0.504 e. The summed E-state index contributed by atoms with van der Waals surface area (Å²) in [5, 5.41) is 3.11. The van der Waals surface area contributed by atoms with E-state index in [0.717, 1.165) is 43.6 Å². The number of piperidine rings is 1. The second-order valence-electron chi connectivity index (χ2n) is 8.20. The minimum atomic E-state index is -0.503. The number of methoxy groups -OCH3 is 2. The number of nitrogens with one attached hydrogen (secondary N) is 2. The number of anilines is 1. The monoisotopic (exact) mass is 385 g/mol. The van der Waals surface area contributed by atoms with E-state index in [2.05, 4.69) is 18.3 Å². The van der Waals surface area contributed by atoms with Crippen LogP contribution in [-0.2, 0) is 24.5 Å². The van der Waals surface area contributed by atoms with Crippen LogP contribution in [0.2, 0.25) is 0 Å². The van der Waals surface area contributed by atoms with Crippen molar-refractivity contribution < 1.29 is 24.0 Å². The minimum Gasteiger partial charge on any atom is -0.504 e. The molecule has 1 unspecified atom stereocenters. The lowest BCUT2D eigenvalue weighted by Gasteiger charge is -2.42. The predicted octanol–water partition coefficient (Wildman–Crippen LogP) is 1.28. The summed E-state index contributed by atoms with van der Waals surface area (Å²) in [7, 11) is 2.97. The normalized spacial score (nSPS) is 34.0. The van der Waals surface area contributed by atoms with Gasteiger partial charge in [0.1, 0.15) is 11.5 Å². The first-order valence-corrected chi connectivity index (χ1v) is 10.1. The van der Waals surface area contributed by atoms with E-state index >= 15 is 0 Å². The maximum absolute atomic E-state index is 13.2. The Morgan fingerprint density at radius 2 is 2.14 bits per heavy atom. The molecule has 3 aliphatic rings. The molecule has 1 spiro atoms. The molecule has 6 heteroatoms. The molecule has 1 aromatic carbocycles. The number of ether oxygens (including phenoxy) is 2. The van der Waals surface area contributed by atoms with Crippen molar-refractivity contribution in [1.29, 1.82) is 0 Å². The predicted molar refractivity (Wildman–Crippen MR) is 105 cm³/mol. The zero-order chi connectivity index (χ0) is 19.9. The molecule has 0 saturated carbocycles. The second kappa shape index (κ2) is 7.24. The Morgan fingerprint density at radius 3 is 2.86 bits per heavy atom. The van der Waals surface area contributed by atoms with Crippen LogP contribution in [0.4, 0.5) is 5.69 Å². The molecule has 2 saturated heterocycles. The van der Waals surface area contributed by atoms with Gasteiger partial charge >= 0.3 is 5.97 Å². The van der Waals surface area contributed by atoms with Gasteiger partial charge in [0.2, 0.25) is 5.91 Å². The van der Waals surface area contributed by atoms with Gasteiger partial charge in [0, 0.05) is 30.4 Å². The molecular weight excluding hydrogens is 356 g/mol. The van der Waals surface area contributed by atoms with Crippen LogP contribution in [0.5, 0.6) is 0 Å². The molecular formula is C22H29N2O4+. The molecule has 0 bridgehead atoms. The van der Waals surface area contributed by atoms with Gasteiger partial charge in [-0.1, -0.05) is 25.1 Å². The fourth-order valence-electron chi connectivity index (χ4n) is 5.87. The SMILES string of the molecule is CC[C@@H]1C[NH+]2CC[C@@]3(C(=O)Nc4ccccc43)[C@H]2C[C@H]1/C(=C/OC)C(=O)OC. The summed E-state index contributed by atoms with van der Waals surface area (Å²) < 4.78 is 10.3. The number of esters is 1. The van der Waals surface area contributed by atoms with Gasteiger partial charge in [-0.3, -0.25) is 4.79 Å². The van der Waals surface area contributed by atoms with Gasteiger partial charge in [-0.05, 0) is 18.1 Å². The minimum absolute atomic E-state index is 0.0293. The van der Waals surface area contributed by atoms with E-state index in [1.54, 1.807) is 7.11 Å². The summed E-state index contributed by atoms with van der Waals surface area (Å²) in [4.78, 5) is 27.2. The van der Waals surface area contributed by atoms with Crippen LogP contribution in [0, 0.1) is 11.8 Å². The van der Waals surface area contributed by atoms with Crippen LogP contribution in [0.25, 0.3) is 0 Å². The number of carbonyl (C=O) groups excluding carboxylic acids is 2. The number of benzene rings is 1. The molecule has 150 valence electrons. The molecule has 28 heavy (non-hydrogen) atoms. The fraction of sp³-hybridized carbons (Fsp3) is 0.545. The summed E-state index contributed by atoms with van der Waals surface area (Å²) in [6.07, 6.45) is 4.14. The Bertz CT molecular complexity index is 821. The smallest absolute Gasteiger partial charge is 0.337 e. The Hall–Kier alpha value is -2.34. The summed E-state index contributed by atoms with van der Waals surface area (Å²) in [5.74, 6) is 0.165. The van der Waals surface area contributed by atoms with Gasteiger partial charge < -0.3 is 19.7 Å². The van der Waals surface area contributed by atoms with Crippen molar-refractivity contribution >= 4 is 17.6 Å². The maximum atomic E-state index is 13.2. The molecule has 1 amide bonds. The lowest BCUT2D eigenvalue weighted by molar-refractivity contribution is -0.924. The quantitative estimate of drug-likeness (QED) is 0.466. The van der Waals surface area contributed by atoms with Crippen LogP contribution in [0.3, 0.4) is 0 Å². The van der Waals surface area contributed by atoms with Crippen LogP contribution in [0.1, 0.15) is 31.7 Å². The van der Waals surface area contributed by atoms with Crippen molar-refractivity contribution in [3.63, 3.8) is 0 Å². The van der Waals surface area contributed by atoms with Crippen LogP contribution < -0.4 is 10.2 Å². The van der Waals surface area contributed by atoms with Crippen LogP contribution in [-0.4, -0.2) is 45.2 Å². The van der Waals surface area contributed by atoms with E-state index in [1.807, 2.05) is 18.2 Å². The summed E-state index contributed by atoms with van der Waals surface area (Å²) >= 11 is 0. The Labute approximate surface area is 165 Å². The highest BCUT2D eigenvalue weighted by atomic mass is 16.5. The molecule has 5 atom stereocenters. The standard InChI is InChI=1S/C22H28N2O4/c1-4-14-12-24-10-9-22(17-7-5-6-8-18(17)23-21(22)26)19(24)11-15(14)16(13-27-2)20(25)28-3/h5-8,13-15,19H,4,9-12H2,1-3H3,(H,23,26)/p+1/b16-13-/t14-,15-,19-,22+/m1/s1. The highest BCUT2D eigenvalue weighted by Gasteiger charge is 2.63. The van der Waals surface area contributed by atoms with Crippen molar-refractivity contribution in [2.75, 3.05) is 32.6 Å². The topological polar surface area (TPSA) is 69.1 Å². The number of quaternary nitrogens is 1. The summed E-state index contributed by atoms with van der Waals surface area (Å²) in [5.41, 5.74) is 2.13. The number of hydrogen-bond acceptors (Lipinski definition) is 4. The molecule has 0 radical (unpaired) electrons. The van der Waals surface area contributed by atoms with E-state index < -0.39 is 5.41 Å². The molecule has 1 aromatic rings. The van der Waals surface area contributed by atoms with Gasteiger partial charge in [0.15, 0.2) is 0 Å². The first kappa shape index (κ1) is 19.0. The number of hydrogen-bond donors (Lipinski definition) is 2. The average Bonchev–Trinajstić information content (AvgIpc) is 3.23. The number of carbonyl (C=O) groups is 2. The molecule has 0 aliphatic carbocycles. The second-order valence-corrected chi connectivity index (χ2v) is 8.20. The molecule has 2 fully saturated rings. The van der Waals surface area contributed by atoms with Crippen LogP contribution >= 0.6 is 0 Å². The van der Waals surface area contributed by atoms with Gasteiger partial charge in [0.05, 0.1) is 39.1 Å². The van der Waals surface area contributed by atoms with E-state index in [-0.39, 0.29) is 23.8 Å². The number of para-hydroxylation sites is 1. The lowest BCUT2D eigenvalue weighted by Crippen LogP contribution is -3.16. The lowest BCUT2D eigenvalue weighted by atomic mass is 9.67. The van der Waals surface area contributed by atoms with Crippen molar-refractivity contribution in [3.8, 4) is 0 Å². The van der Waals surface area contributed by atoms with Gasteiger partial charge in [-0.2, -0.15) is 0 Å². The van der Waals surface area contributed by atoms with E-state index in [9.17, 15) is 9.59 Å². The number of amides is 1. The van der Waals surface area contributed by atoms with E-state index in [4.69, 9.17) is 9.47 Å². The first-order valence-electron chi connectivity index (χ1n) is 10.1. The molecule has 3 aliphatic heterocycles. The Balaban J connectivity index is 1.74. The van der Waals surface area contributed by atoms with E-state index in [1.165, 1.54) is 18.3 Å². The highest BCUT2D eigenvalue weighted by molar-refractivity contribution is 6.07. The average molecular weight is 385 g/mol. The molecule has 3 heterocycles. The van der Waals surface area contributed by atoms with Crippen molar-refractivity contribution in [2.45, 2.75) is 37.6 Å². The number of rotatable bonds is 4. The third kappa shape index (κ3) is 2.65. The first-order chi connectivity index (χ1) is 13.6. The highest BCUT2D eigenvalue weighted by Crippen LogP contribution is 2.47. The van der Waals surface area contributed by atoms with Crippen molar-refractivity contribution in [2.24, 2.45) is 11.8 Å². The molecule has 0 aromatic heterocycles.